The smallest absolute Gasteiger partial charge is 0.230 e. The van der Waals surface area contributed by atoms with Crippen LogP contribution in [0.2, 0.25) is 0 Å². The van der Waals surface area contributed by atoms with Crippen LogP contribution in [0.1, 0.15) is 5.56 Å². The highest BCUT2D eigenvalue weighted by molar-refractivity contribution is 8.01. The van der Waals surface area contributed by atoms with Gasteiger partial charge in [-0.3, -0.25) is 14.8 Å². The van der Waals surface area contributed by atoms with Gasteiger partial charge >= 0.3 is 0 Å². The number of para-hydroxylation sites is 1. The van der Waals surface area contributed by atoms with Crippen molar-refractivity contribution in [1.82, 2.24) is 20.3 Å². The van der Waals surface area contributed by atoms with Gasteiger partial charge in [0, 0.05) is 30.7 Å². The van der Waals surface area contributed by atoms with Gasteiger partial charge in [0.1, 0.15) is 0 Å². The number of nitrogens with zero attached hydrogens (tertiary/aromatic N) is 3. The second-order valence-electron chi connectivity index (χ2n) is 5.80. The minimum absolute atomic E-state index is 0.0148. The molecule has 3 heterocycles. The maximum absolute atomic E-state index is 12.2. The fourth-order valence-corrected chi connectivity index (χ4v) is 4.45. The third-order valence-electron chi connectivity index (χ3n) is 3.87. The molecule has 27 heavy (non-hydrogen) atoms. The molecule has 0 saturated heterocycles. The van der Waals surface area contributed by atoms with Gasteiger partial charge in [-0.2, -0.15) is 0 Å². The number of hydrogen-bond donors (Lipinski definition) is 1. The second kappa shape index (κ2) is 8.28. The molecular formula is C20H16N4OS2. The average molecular weight is 393 g/mol. The lowest BCUT2D eigenvalue weighted by molar-refractivity contribution is -0.118. The van der Waals surface area contributed by atoms with Crippen molar-refractivity contribution in [2.45, 2.75) is 10.9 Å². The van der Waals surface area contributed by atoms with Gasteiger partial charge in [0.05, 0.1) is 21.7 Å². The number of aromatic nitrogens is 3. The van der Waals surface area contributed by atoms with Crippen LogP contribution < -0.4 is 5.32 Å². The summed E-state index contributed by atoms with van der Waals surface area (Å²) in [5.41, 5.74) is 3.78. The van der Waals surface area contributed by atoms with Crippen molar-refractivity contribution >= 4 is 39.2 Å². The topological polar surface area (TPSA) is 67.8 Å². The molecule has 0 radical (unpaired) electrons. The summed E-state index contributed by atoms with van der Waals surface area (Å²) in [7, 11) is 0. The lowest BCUT2D eigenvalue weighted by atomic mass is 10.1. The van der Waals surface area contributed by atoms with E-state index in [-0.39, 0.29) is 5.91 Å². The highest BCUT2D eigenvalue weighted by atomic mass is 32.2. The number of nitrogens with one attached hydrogen (secondary N) is 1. The summed E-state index contributed by atoms with van der Waals surface area (Å²) in [6, 6.07) is 15.7. The monoisotopic (exact) mass is 392 g/mol. The summed E-state index contributed by atoms with van der Waals surface area (Å²) in [4.78, 5) is 25.2. The van der Waals surface area contributed by atoms with E-state index in [0.29, 0.717) is 12.3 Å². The van der Waals surface area contributed by atoms with Crippen molar-refractivity contribution in [2.24, 2.45) is 0 Å². The molecule has 0 spiro atoms. The van der Waals surface area contributed by atoms with Crippen LogP contribution in [0, 0.1) is 0 Å². The maximum Gasteiger partial charge on any atom is 0.230 e. The first-order valence-corrected chi connectivity index (χ1v) is 10.2. The Morgan fingerprint density at radius 3 is 2.89 bits per heavy atom. The number of carbonyl (C=O) groups is 1. The summed E-state index contributed by atoms with van der Waals surface area (Å²) < 4.78 is 2.05. The van der Waals surface area contributed by atoms with Crippen molar-refractivity contribution in [3.05, 3.63) is 72.7 Å². The Morgan fingerprint density at radius 2 is 2.04 bits per heavy atom. The average Bonchev–Trinajstić information content (AvgIpc) is 3.15. The fourth-order valence-electron chi connectivity index (χ4n) is 2.55. The molecule has 0 saturated carbocycles. The Labute approximate surface area is 164 Å². The van der Waals surface area contributed by atoms with Crippen LogP contribution in [0.15, 0.2) is 71.5 Å². The zero-order chi connectivity index (χ0) is 18.5. The van der Waals surface area contributed by atoms with Crippen LogP contribution >= 0.6 is 23.1 Å². The second-order valence-corrected chi connectivity index (χ2v) is 8.06. The van der Waals surface area contributed by atoms with Gasteiger partial charge in [-0.15, -0.1) is 11.3 Å². The molecule has 1 N–H and O–H groups in total. The van der Waals surface area contributed by atoms with E-state index in [1.54, 1.807) is 29.9 Å². The molecule has 134 valence electrons. The first kappa shape index (κ1) is 17.6. The first-order chi connectivity index (χ1) is 13.3. The molecule has 7 heteroatoms. The van der Waals surface area contributed by atoms with Crippen LogP contribution in [0.5, 0.6) is 0 Å². The van der Waals surface area contributed by atoms with Crippen LogP contribution in [-0.2, 0) is 11.3 Å². The van der Waals surface area contributed by atoms with E-state index in [1.807, 2.05) is 48.5 Å². The van der Waals surface area contributed by atoms with Crippen LogP contribution in [0.25, 0.3) is 21.5 Å². The quantitative estimate of drug-likeness (QED) is 0.499. The number of carbonyl (C=O) groups excluding carboxylic acids is 1. The van der Waals surface area contributed by atoms with Gasteiger partial charge in [-0.05, 0) is 42.0 Å². The summed E-state index contributed by atoms with van der Waals surface area (Å²) in [6.07, 6.45) is 5.26. The third kappa shape index (κ3) is 4.50. The molecule has 3 aromatic heterocycles. The van der Waals surface area contributed by atoms with E-state index >= 15 is 0 Å². The van der Waals surface area contributed by atoms with Crippen molar-refractivity contribution < 1.29 is 4.79 Å². The van der Waals surface area contributed by atoms with Crippen LogP contribution in [-0.4, -0.2) is 26.6 Å². The third-order valence-corrected chi connectivity index (χ3v) is 6.05. The number of benzene rings is 1. The fraction of sp³-hybridized carbons (Fsp3) is 0.100. The predicted octanol–water partition coefficient (Wildman–Crippen LogP) is 4.16. The SMILES string of the molecule is O=C(CSc1nc2ccccc2s1)NCc1ccnc(-c2cccnc2)c1. The highest BCUT2D eigenvalue weighted by Gasteiger charge is 2.08. The Hall–Kier alpha value is -2.77. The van der Waals surface area contributed by atoms with Crippen LogP contribution in [0.3, 0.4) is 0 Å². The standard InChI is InChI=1S/C20H16N4OS2/c25-19(13-26-20-24-16-5-1-2-6-18(16)27-20)23-11-14-7-9-22-17(10-14)15-4-3-8-21-12-15/h1-10,12H,11,13H2,(H,23,25). The molecule has 0 fully saturated rings. The molecule has 0 aliphatic rings. The minimum atomic E-state index is -0.0148. The maximum atomic E-state index is 12.2. The molecule has 4 rings (SSSR count). The molecule has 4 aromatic rings. The van der Waals surface area contributed by atoms with E-state index in [2.05, 4.69) is 20.3 Å². The lowest BCUT2D eigenvalue weighted by Gasteiger charge is -2.06. The van der Waals surface area contributed by atoms with Gasteiger partial charge in [0.2, 0.25) is 5.91 Å². The van der Waals surface area contributed by atoms with E-state index in [9.17, 15) is 4.79 Å². The number of hydrogen-bond acceptors (Lipinski definition) is 6. The summed E-state index contributed by atoms with van der Waals surface area (Å²) in [6.45, 7) is 0.467. The Morgan fingerprint density at radius 1 is 1.11 bits per heavy atom. The Balaban J connectivity index is 1.32. The largest absolute Gasteiger partial charge is 0.351 e. The van der Waals surface area contributed by atoms with E-state index < -0.39 is 0 Å². The highest BCUT2D eigenvalue weighted by Crippen LogP contribution is 2.29. The van der Waals surface area contributed by atoms with E-state index in [0.717, 1.165) is 31.4 Å². The number of amides is 1. The van der Waals surface area contributed by atoms with Crippen molar-refractivity contribution in [2.75, 3.05) is 5.75 Å². The molecule has 0 aliphatic carbocycles. The molecule has 0 unspecified atom stereocenters. The zero-order valence-electron chi connectivity index (χ0n) is 14.3. The summed E-state index contributed by atoms with van der Waals surface area (Å²) >= 11 is 3.08. The predicted molar refractivity (Wildman–Crippen MR) is 110 cm³/mol. The van der Waals surface area contributed by atoms with E-state index in [1.165, 1.54) is 11.8 Å². The number of thioether (sulfide) groups is 1. The summed E-state index contributed by atoms with van der Waals surface area (Å²) in [5.74, 6) is 0.333. The number of pyridine rings is 2. The van der Waals surface area contributed by atoms with Gasteiger partial charge in [0.25, 0.3) is 0 Å². The normalized spacial score (nSPS) is 10.8. The number of rotatable bonds is 6. The molecular weight excluding hydrogens is 376 g/mol. The Kier molecular flexibility index (Phi) is 5.41. The molecule has 0 aliphatic heterocycles. The number of fused-ring (bicyclic) bond motifs is 1. The summed E-state index contributed by atoms with van der Waals surface area (Å²) in [5, 5.41) is 2.96. The van der Waals surface area contributed by atoms with Crippen molar-refractivity contribution in [1.29, 1.82) is 0 Å². The minimum Gasteiger partial charge on any atom is -0.351 e. The first-order valence-electron chi connectivity index (χ1n) is 8.38. The van der Waals surface area contributed by atoms with Crippen molar-refractivity contribution in [3.8, 4) is 11.3 Å². The molecule has 1 amide bonds. The van der Waals surface area contributed by atoms with Gasteiger partial charge in [-0.25, -0.2) is 4.98 Å². The molecule has 5 nitrogen and oxygen atoms in total. The Bertz CT molecular complexity index is 1030. The van der Waals surface area contributed by atoms with E-state index in [4.69, 9.17) is 0 Å². The van der Waals surface area contributed by atoms with Gasteiger partial charge in [-0.1, -0.05) is 23.9 Å². The molecule has 0 bridgehead atoms. The van der Waals surface area contributed by atoms with Gasteiger partial charge < -0.3 is 5.32 Å². The number of thiazole rings is 1. The lowest BCUT2D eigenvalue weighted by Crippen LogP contribution is -2.24. The molecule has 1 aromatic carbocycles. The van der Waals surface area contributed by atoms with Crippen LogP contribution in [0.4, 0.5) is 0 Å². The van der Waals surface area contributed by atoms with Crippen molar-refractivity contribution in [3.63, 3.8) is 0 Å². The zero-order valence-corrected chi connectivity index (χ0v) is 16.0. The molecule has 0 atom stereocenters. The van der Waals surface area contributed by atoms with Gasteiger partial charge in [0.15, 0.2) is 4.34 Å².